The molecule has 1 aromatic heterocycles. The highest BCUT2D eigenvalue weighted by Crippen LogP contribution is 2.37. The zero-order valence-corrected chi connectivity index (χ0v) is 20.1. The van der Waals surface area contributed by atoms with Crippen LogP contribution in [0.3, 0.4) is 0 Å². The monoisotopic (exact) mass is 518 g/mol. The van der Waals surface area contributed by atoms with E-state index in [1.54, 1.807) is 25.3 Å². The van der Waals surface area contributed by atoms with Gasteiger partial charge in [-0.25, -0.2) is 4.39 Å². The Morgan fingerprint density at radius 1 is 1.03 bits per heavy atom. The van der Waals surface area contributed by atoms with Crippen LogP contribution in [0, 0.1) is 5.82 Å². The van der Waals surface area contributed by atoms with Crippen LogP contribution >= 0.6 is 28.3 Å². The van der Waals surface area contributed by atoms with Gasteiger partial charge in [0.15, 0.2) is 11.5 Å². The van der Waals surface area contributed by atoms with E-state index in [9.17, 15) is 4.39 Å². The van der Waals surface area contributed by atoms with E-state index < -0.39 is 0 Å². The third kappa shape index (κ3) is 5.63. The summed E-state index contributed by atoms with van der Waals surface area (Å²) in [4.78, 5) is 3.31. The van der Waals surface area contributed by atoms with Crippen molar-refractivity contribution in [3.8, 4) is 11.5 Å². The highest BCUT2D eigenvalue weighted by molar-refractivity contribution is 9.10. The number of hydrogen-bond donors (Lipinski definition) is 2. The molecule has 0 amide bonds. The Hall–Kier alpha value is -2.54. The van der Waals surface area contributed by atoms with Crippen LogP contribution < -0.4 is 14.8 Å². The van der Waals surface area contributed by atoms with E-state index in [-0.39, 0.29) is 24.8 Å². The minimum Gasteiger partial charge on any atom is -0.493 e. The summed E-state index contributed by atoms with van der Waals surface area (Å²) >= 11 is 3.57. The number of rotatable bonds is 9. The molecule has 0 spiro atoms. The summed E-state index contributed by atoms with van der Waals surface area (Å²) in [5.41, 5.74) is 4.04. The first-order valence-corrected chi connectivity index (χ1v) is 10.9. The highest BCUT2D eigenvalue weighted by atomic mass is 79.9. The summed E-state index contributed by atoms with van der Waals surface area (Å²) in [5, 5.41) is 4.76. The summed E-state index contributed by atoms with van der Waals surface area (Å²) in [6, 6.07) is 18.9. The Morgan fingerprint density at radius 2 is 1.81 bits per heavy atom. The van der Waals surface area contributed by atoms with Crippen molar-refractivity contribution in [3.63, 3.8) is 0 Å². The number of H-pyrrole nitrogens is 1. The zero-order valence-electron chi connectivity index (χ0n) is 17.7. The van der Waals surface area contributed by atoms with Gasteiger partial charge in [-0.1, -0.05) is 36.4 Å². The molecule has 0 bridgehead atoms. The quantitative estimate of drug-likeness (QED) is 0.251. The first kappa shape index (κ1) is 24.1. The summed E-state index contributed by atoms with van der Waals surface area (Å²) in [6.45, 7) is 1.68. The maximum absolute atomic E-state index is 13.9. The molecule has 0 fully saturated rings. The van der Waals surface area contributed by atoms with Gasteiger partial charge in [-0.05, 0) is 64.3 Å². The maximum atomic E-state index is 13.9. The molecule has 0 radical (unpaired) electrons. The molecule has 0 saturated heterocycles. The fraction of sp³-hybridized carbons (Fsp3) is 0.200. The van der Waals surface area contributed by atoms with E-state index in [2.05, 4.69) is 50.6 Å². The second kappa shape index (κ2) is 11.4. The largest absolute Gasteiger partial charge is 0.493 e. The zero-order chi connectivity index (χ0) is 21.6. The normalized spacial score (nSPS) is 10.7. The number of methoxy groups -OCH3 is 1. The average Bonchev–Trinajstić information content (AvgIpc) is 3.20. The number of para-hydroxylation sites is 1. The summed E-state index contributed by atoms with van der Waals surface area (Å²) in [6.07, 6.45) is 3.01. The molecule has 4 aromatic rings. The fourth-order valence-corrected chi connectivity index (χ4v) is 4.18. The summed E-state index contributed by atoms with van der Waals surface area (Å²) in [5.74, 6) is 0.890. The highest BCUT2D eigenvalue weighted by Gasteiger charge is 2.13. The molecule has 7 heteroatoms. The Bertz CT molecular complexity index is 1180. The van der Waals surface area contributed by atoms with Crippen molar-refractivity contribution < 1.29 is 13.9 Å². The summed E-state index contributed by atoms with van der Waals surface area (Å²) < 4.78 is 26.0. The number of hydrogen-bond acceptors (Lipinski definition) is 3. The molecule has 2 N–H and O–H groups in total. The standard InChI is InChI=1S/C25H24BrFN2O2.ClH/c1-30-24-13-17(12-21(26)25(24)31-16-19-6-2-4-8-22(19)27)14-28-11-10-18-15-29-23-9-5-3-7-20(18)23;/h2-9,12-13,15,28-29H,10-11,14,16H2,1H3;1H. The second-order valence-corrected chi connectivity index (χ2v) is 8.13. The Kier molecular flexibility index (Phi) is 8.56. The number of ether oxygens (including phenoxy) is 2. The molecule has 168 valence electrons. The maximum Gasteiger partial charge on any atom is 0.175 e. The second-order valence-electron chi connectivity index (χ2n) is 7.28. The van der Waals surface area contributed by atoms with Crippen molar-refractivity contribution in [3.05, 3.63) is 93.8 Å². The third-order valence-corrected chi connectivity index (χ3v) is 5.78. The number of halogens is 3. The predicted octanol–water partition coefficient (Wildman–Crippen LogP) is 6.41. The van der Waals surface area contributed by atoms with Gasteiger partial charge in [0.1, 0.15) is 12.4 Å². The van der Waals surface area contributed by atoms with Gasteiger partial charge in [0.05, 0.1) is 11.6 Å². The fourth-order valence-electron chi connectivity index (χ4n) is 3.57. The lowest BCUT2D eigenvalue weighted by Crippen LogP contribution is -2.16. The van der Waals surface area contributed by atoms with Crippen LogP contribution in [-0.4, -0.2) is 18.6 Å². The molecule has 4 rings (SSSR count). The molecule has 1 heterocycles. The van der Waals surface area contributed by atoms with Gasteiger partial charge in [-0.15, -0.1) is 12.4 Å². The van der Waals surface area contributed by atoms with Crippen molar-refractivity contribution in [2.24, 2.45) is 0 Å². The number of nitrogens with one attached hydrogen (secondary N) is 2. The number of fused-ring (bicyclic) bond motifs is 1. The van der Waals surface area contributed by atoms with Crippen molar-refractivity contribution in [2.75, 3.05) is 13.7 Å². The summed E-state index contributed by atoms with van der Waals surface area (Å²) in [7, 11) is 1.60. The Morgan fingerprint density at radius 3 is 2.62 bits per heavy atom. The average molecular weight is 520 g/mol. The van der Waals surface area contributed by atoms with Gasteiger partial charge in [-0.3, -0.25) is 0 Å². The molecule has 0 saturated carbocycles. The minimum atomic E-state index is -0.284. The number of aromatic amines is 1. The molecule has 0 aliphatic carbocycles. The van der Waals surface area contributed by atoms with E-state index in [1.165, 1.54) is 17.0 Å². The van der Waals surface area contributed by atoms with E-state index in [0.29, 0.717) is 23.6 Å². The van der Waals surface area contributed by atoms with Gasteiger partial charge in [-0.2, -0.15) is 0 Å². The van der Waals surface area contributed by atoms with Crippen LogP contribution in [0.5, 0.6) is 11.5 Å². The molecular formula is C25H25BrClFN2O2. The van der Waals surface area contributed by atoms with E-state index in [0.717, 1.165) is 28.5 Å². The SMILES string of the molecule is COc1cc(CNCCc2c[nH]c3ccccc23)cc(Br)c1OCc1ccccc1F.Cl. The molecule has 0 atom stereocenters. The van der Waals surface area contributed by atoms with Crippen molar-refractivity contribution in [1.82, 2.24) is 10.3 Å². The van der Waals surface area contributed by atoms with E-state index >= 15 is 0 Å². The molecule has 0 unspecified atom stereocenters. The number of aromatic nitrogens is 1. The lowest BCUT2D eigenvalue weighted by atomic mass is 10.1. The van der Waals surface area contributed by atoms with Crippen LogP contribution in [0.1, 0.15) is 16.7 Å². The topological polar surface area (TPSA) is 46.3 Å². The van der Waals surface area contributed by atoms with Gasteiger partial charge in [0, 0.05) is 29.2 Å². The van der Waals surface area contributed by atoms with Crippen molar-refractivity contribution in [1.29, 1.82) is 0 Å². The van der Waals surface area contributed by atoms with E-state index in [4.69, 9.17) is 9.47 Å². The molecule has 32 heavy (non-hydrogen) atoms. The van der Waals surface area contributed by atoms with Gasteiger partial charge in [0.2, 0.25) is 0 Å². The molecular weight excluding hydrogens is 495 g/mol. The first-order valence-electron chi connectivity index (χ1n) is 10.1. The van der Waals surface area contributed by atoms with Crippen LogP contribution in [0.2, 0.25) is 0 Å². The van der Waals surface area contributed by atoms with Crippen LogP contribution in [0.25, 0.3) is 10.9 Å². The minimum absolute atomic E-state index is 0. The lowest BCUT2D eigenvalue weighted by molar-refractivity contribution is 0.277. The Labute approximate surface area is 201 Å². The van der Waals surface area contributed by atoms with Gasteiger partial charge < -0.3 is 19.8 Å². The lowest BCUT2D eigenvalue weighted by Gasteiger charge is -2.15. The van der Waals surface area contributed by atoms with E-state index in [1.807, 2.05) is 18.2 Å². The predicted molar refractivity (Wildman–Crippen MR) is 132 cm³/mol. The Balaban J connectivity index is 0.00000289. The molecule has 3 aromatic carbocycles. The third-order valence-electron chi connectivity index (χ3n) is 5.19. The van der Waals surface area contributed by atoms with Crippen molar-refractivity contribution in [2.45, 2.75) is 19.6 Å². The van der Waals surface area contributed by atoms with Crippen LogP contribution in [0.15, 0.2) is 71.3 Å². The molecule has 0 aliphatic heterocycles. The molecule has 4 nitrogen and oxygen atoms in total. The van der Waals surface area contributed by atoms with Crippen molar-refractivity contribution >= 4 is 39.2 Å². The van der Waals surface area contributed by atoms with Crippen LogP contribution in [0.4, 0.5) is 4.39 Å². The van der Waals surface area contributed by atoms with Gasteiger partial charge in [0.25, 0.3) is 0 Å². The first-order chi connectivity index (χ1) is 15.2. The number of benzene rings is 3. The van der Waals surface area contributed by atoms with Crippen LogP contribution in [-0.2, 0) is 19.6 Å². The smallest absolute Gasteiger partial charge is 0.175 e. The van der Waals surface area contributed by atoms with Gasteiger partial charge >= 0.3 is 0 Å². The molecule has 0 aliphatic rings.